The first-order valence-electron chi connectivity index (χ1n) is 7.54. The van der Waals surface area contributed by atoms with Gasteiger partial charge in [-0.3, -0.25) is 19.0 Å². The Morgan fingerprint density at radius 3 is 2.38 bits per heavy atom. The number of aryl methyl sites for hydroxylation is 3. The highest BCUT2D eigenvalue weighted by atomic mass is 32.1. The lowest BCUT2D eigenvalue weighted by Crippen LogP contribution is -2.38. The monoisotopic (exact) mass is 347 g/mol. The third-order valence-electron chi connectivity index (χ3n) is 3.82. The van der Waals surface area contributed by atoms with Crippen LogP contribution in [0.2, 0.25) is 0 Å². The zero-order valence-electron chi connectivity index (χ0n) is 14.3. The smallest absolute Gasteiger partial charge is 0.307 e. The molecule has 0 aliphatic carbocycles. The minimum atomic E-state index is -0.282. The van der Waals surface area contributed by atoms with Crippen molar-refractivity contribution in [3.8, 4) is 0 Å². The average Bonchev–Trinajstić information content (AvgIpc) is 2.83. The van der Waals surface area contributed by atoms with E-state index in [1.165, 1.54) is 9.47 Å². The van der Waals surface area contributed by atoms with Crippen molar-refractivity contribution >= 4 is 28.8 Å². The van der Waals surface area contributed by atoms with Crippen LogP contribution in [0.25, 0.3) is 0 Å². The number of para-hydroxylation sites is 1. The molecule has 2 amide bonds. The molecular weight excluding hydrogens is 326 g/mol. The lowest BCUT2D eigenvalue weighted by molar-refractivity contribution is -0.133. The van der Waals surface area contributed by atoms with Crippen molar-refractivity contribution in [2.24, 2.45) is 0 Å². The molecule has 0 fully saturated rings. The van der Waals surface area contributed by atoms with E-state index in [0.717, 1.165) is 33.8 Å². The van der Waals surface area contributed by atoms with Crippen LogP contribution in [0.15, 0.2) is 28.4 Å². The van der Waals surface area contributed by atoms with Crippen LogP contribution in [-0.2, 0) is 16.1 Å². The van der Waals surface area contributed by atoms with Crippen LogP contribution >= 0.6 is 11.3 Å². The molecule has 0 saturated carbocycles. The summed E-state index contributed by atoms with van der Waals surface area (Å²) in [6.45, 7) is 5.50. The lowest BCUT2D eigenvalue weighted by Gasteiger charge is -2.18. The van der Waals surface area contributed by atoms with E-state index in [4.69, 9.17) is 0 Å². The molecule has 0 aliphatic heterocycles. The van der Waals surface area contributed by atoms with Crippen molar-refractivity contribution in [2.75, 3.05) is 18.9 Å². The highest BCUT2D eigenvalue weighted by molar-refractivity contribution is 7.07. The maximum Gasteiger partial charge on any atom is 0.307 e. The van der Waals surface area contributed by atoms with Crippen molar-refractivity contribution in [2.45, 2.75) is 27.3 Å². The number of likely N-dealkylation sites (N-methyl/N-ethyl adjacent to an activating group) is 1. The minimum Gasteiger partial charge on any atom is -0.335 e. The molecule has 0 atom stereocenters. The van der Waals surface area contributed by atoms with Crippen LogP contribution < -0.4 is 10.2 Å². The van der Waals surface area contributed by atoms with Crippen LogP contribution in [-0.4, -0.2) is 34.9 Å². The van der Waals surface area contributed by atoms with Gasteiger partial charge in [-0.05, 0) is 31.9 Å². The number of aromatic nitrogens is 1. The Hall–Kier alpha value is -2.41. The molecule has 1 aromatic carbocycles. The Kier molecular flexibility index (Phi) is 5.56. The molecule has 0 aliphatic rings. The summed E-state index contributed by atoms with van der Waals surface area (Å²) in [4.78, 5) is 37.2. The number of hydrogen-bond acceptors (Lipinski definition) is 4. The Balaban J connectivity index is 1.98. The van der Waals surface area contributed by atoms with E-state index in [1.807, 2.05) is 32.0 Å². The van der Waals surface area contributed by atoms with Gasteiger partial charge in [0.15, 0.2) is 0 Å². The number of amides is 2. The number of thiazole rings is 1. The van der Waals surface area contributed by atoms with Gasteiger partial charge in [-0.2, -0.15) is 0 Å². The first-order chi connectivity index (χ1) is 11.3. The third kappa shape index (κ3) is 4.11. The van der Waals surface area contributed by atoms with Gasteiger partial charge in [-0.15, -0.1) is 0 Å². The second-order valence-electron chi connectivity index (χ2n) is 5.79. The van der Waals surface area contributed by atoms with Crippen molar-refractivity contribution < 1.29 is 9.59 Å². The van der Waals surface area contributed by atoms with Crippen molar-refractivity contribution in [1.82, 2.24) is 9.47 Å². The molecular formula is C17H21N3O3S. The van der Waals surface area contributed by atoms with E-state index in [-0.39, 0.29) is 29.8 Å². The molecule has 0 spiro atoms. The first kappa shape index (κ1) is 17.9. The van der Waals surface area contributed by atoms with Gasteiger partial charge in [0.25, 0.3) is 0 Å². The maximum atomic E-state index is 12.2. The number of anilines is 1. The van der Waals surface area contributed by atoms with Gasteiger partial charge >= 0.3 is 4.87 Å². The highest BCUT2D eigenvalue weighted by Crippen LogP contribution is 2.19. The second kappa shape index (κ2) is 7.44. The molecule has 7 heteroatoms. The molecule has 24 heavy (non-hydrogen) atoms. The molecule has 1 aromatic heterocycles. The fraction of sp³-hybridized carbons (Fsp3) is 0.353. The van der Waals surface area contributed by atoms with E-state index in [9.17, 15) is 14.4 Å². The van der Waals surface area contributed by atoms with E-state index >= 15 is 0 Å². The van der Waals surface area contributed by atoms with E-state index < -0.39 is 0 Å². The number of nitrogens with one attached hydrogen (secondary N) is 1. The van der Waals surface area contributed by atoms with Gasteiger partial charge in [-0.25, -0.2) is 0 Å². The van der Waals surface area contributed by atoms with Gasteiger partial charge in [0.1, 0.15) is 6.54 Å². The lowest BCUT2D eigenvalue weighted by atomic mass is 10.1. The SMILES string of the molecule is Cc1cccc(C)c1NC(=O)CN(C)C(=O)Cn1c(C)csc1=O. The van der Waals surface area contributed by atoms with Crippen LogP contribution in [0.1, 0.15) is 16.8 Å². The zero-order valence-corrected chi connectivity index (χ0v) is 15.1. The van der Waals surface area contributed by atoms with Crippen molar-refractivity contribution in [1.29, 1.82) is 0 Å². The molecule has 2 aromatic rings. The summed E-state index contributed by atoms with van der Waals surface area (Å²) in [5.74, 6) is -0.548. The van der Waals surface area contributed by atoms with Crippen LogP contribution in [0.5, 0.6) is 0 Å². The standard InChI is InChI=1S/C17H21N3O3S/c1-11-6-5-7-12(2)16(11)18-14(21)8-19(4)15(22)9-20-13(3)10-24-17(20)23/h5-7,10H,8-9H2,1-4H3,(H,18,21). The number of rotatable bonds is 5. The second-order valence-corrected chi connectivity index (χ2v) is 6.61. The minimum absolute atomic E-state index is 0.0542. The highest BCUT2D eigenvalue weighted by Gasteiger charge is 2.16. The third-order valence-corrected chi connectivity index (χ3v) is 4.70. The summed E-state index contributed by atoms with van der Waals surface area (Å²) < 4.78 is 1.41. The fourth-order valence-electron chi connectivity index (χ4n) is 2.35. The zero-order chi connectivity index (χ0) is 17.9. The van der Waals surface area contributed by atoms with Crippen LogP contribution in [0, 0.1) is 20.8 Å². The van der Waals surface area contributed by atoms with Gasteiger partial charge in [0, 0.05) is 23.8 Å². The van der Waals surface area contributed by atoms with Gasteiger partial charge in [0.05, 0.1) is 6.54 Å². The summed E-state index contributed by atoms with van der Waals surface area (Å²) in [6.07, 6.45) is 0. The summed E-state index contributed by atoms with van der Waals surface area (Å²) in [5.41, 5.74) is 3.45. The predicted molar refractivity (Wildman–Crippen MR) is 95.5 cm³/mol. The number of benzene rings is 1. The number of carbonyl (C=O) groups excluding carboxylic acids is 2. The molecule has 1 N–H and O–H groups in total. The Labute approximate surface area is 144 Å². The number of carbonyl (C=O) groups is 2. The normalized spacial score (nSPS) is 10.5. The maximum absolute atomic E-state index is 12.2. The van der Waals surface area contributed by atoms with Gasteiger partial charge < -0.3 is 10.2 Å². The van der Waals surface area contributed by atoms with Gasteiger partial charge in [0.2, 0.25) is 11.8 Å². The van der Waals surface area contributed by atoms with Crippen molar-refractivity contribution in [3.05, 3.63) is 50.1 Å². The van der Waals surface area contributed by atoms with E-state index in [2.05, 4.69) is 5.32 Å². The number of nitrogens with zero attached hydrogens (tertiary/aromatic N) is 2. The number of hydrogen-bond donors (Lipinski definition) is 1. The molecule has 1 heterocycles. The molecule has 0 radical (unpaired) electrons. The molecule has 0 saturated heterocycles. The summed E-state index contributed by atoms with van der Waals surface area (Å²) >= 11 is 1.06. The predicted octanol–water partition coefficient (Wildman–Crippen LogP) is 1.93. The fourth-order valence-corrected chi connectivity index (χ4v) is 3.08. The Morgan fingerprint density at radius 1 is 1.21 bits per heavy atom. The summed E-state index contributed by atoms with van der Waals surface area (Å²) in [6, 6.07) is 5.77. The summed E-state index contributed by atoms with van der Waals surface area (Å²) in [5, 5.41) is 4.56. The average molecular weight is 347 g/mol. The molecule has 128 valence electrons. The van der Waals surface area contributed by atoms with Crippen LogP contribution in [0.3, 0.4) is 0 Å². The molecule has 2 rings (SSSR count). The largest absolute Gasteiger partial charge is 0.335 e. The first-order valence-corrected chi connectivity index (χ1v) is 8.42. The molecule has 6 nitrogen and oxygen atoms in total. The topological polar surface area (TPSA) is 71.4 Å². The van der Waals surface area contributed by atoms with Gasteiger partial charge in [-0.1, -0.05) is 29.5 Å². The Morgan fingerprint density at radius 2 is 1.83 bits per heavy atom. The quantitative estimate of drug-likeness (QED) is 0.898. The molecule has 0 bridgehead atoms. The van der Waals surface area contributed by atoms with E-state index in [0.29, 0.717) is 0 Å². The summed E-state index contributed by atoms with van der Waals surface area (Å²) in [7, 11) is 1.55. The Bertz CT molecular complexity index is 802. The molecule has 0 unspecified atom stereocenters. The van der Waals surface area contributed by atoms with Crippen LogP contribution in [0.4, 0.5) is 5.69 Å². The van der Waals surface area contributed by atoms with E-state index in [1.54, 1.807) is 19.4 Å². The van der Waals surface area contributed by atoms with Crippen molar-refractivity contribution in [3.63, 3.8) is 0 Å².